The van der Waals surface area contributed by atoms with Gasteiger partial charge in [-0.1, -0.05) is 60.7 Å². The zero-order valence-electron chi connectivity index (χ0n) is 18.9. The molecule has 178 valence electrons. The third kappa shape index (κ3) is 5.52. The van der Waals surface area contributed by atoms with Gasteiger partial charge in [-0.05, 0) is 57.6 Å². The number of esters is 2. The molecule has 0 radical (unpaired) electrons. The maximum absolute atomic E-state index is 12.6. The van der Waals surface area contributed by atoms with Crippen LogP contribution in [0.25, 0.3) is 21.5 Å². The van der Waals surface area contributed by atoms with Crippen molar-refractivity contribution in [3.63, 3.8) is 0 Å². The molecule has 4 aromatic rings. The van der Waals surface area contributed by atoms with Crippen LogP contribution in [0.3, 0.4) is 0 Å². The van der Waals surface area contributed by atoms with Crippen LogP contribution in [0.2, 0.25) is 0 Å². The van der Waals surface area contributed by atoms with Crippen molar-refractivity contribution in [3.8, 4) is 11.5 Å². The van der Waals surface area contributed by atoms with E-state index in [0.29, 0.717) is 11.5 Å². The van der Waals surface area contributed by atoms with Crippen molar-refractivity contribution >= 4 is 43.3 Å². The first-order chi connectivity index (χ1) is 16.8. The molecule has 0 aromatic heterocycles. The van der Waals surface area contributed by atoms with Crippen LogP contribution < -0.4 is 9.47 Å². The molecule has 0 spiro atoms. The molecule has 1 fully saturated rings. The van der Waals surface area contributed by atoms with Gasteiger partial charge in [-0.25, -0.2) is 8.42 Å². The lowest BCUT2D eigenvalue weighted by molar-refractivity contribution is -0.138. The van der Waals surface area contributed by atoms with E-state index in [-0.39, 0.29) is 24.3 Å². The first-order valence-corrected chi connectivity index (χ1v) is 13.3. The number of rotatable bonds is 6. The lowest BCUT2D eigenvalue weighted by Crippen LogP contribution is -2.23. The van der Waals surface area contributed by atoms with Gasteiger partial charge in [0.15, 0.2) is 9.84 Å². The van der Waals surface area contributed by atoms with Gasteiger partial charge < -0.3 is 9.47 Å². The molecular formula is C28H24O6S. The van der Waals surface area contributed by atoms with Crippen LogP contribution in [0.5, 0.6) is 11.5 Å². The molecule has 4 aromatic carbocycles. The number of hydrogen-bond donors (Lipinski definition) is 0. The molecule has 0 amide bonds. The number of hydrogen-bond acceptors (Lipinski definition) is 6. The Bertz CT molecular complexity index is 1420. The fourth-order valence-corrected chi connectivity index (χ4v) is 6.90. The zero-order chi connectivity index (χ0) is 24.4. The Hall–Kier alpha value is -3.71. The molecule has 6 nitrogen and oxygen atoms in total. The van der Waals surface area contributed by atoms with Gasteiger partial charge >= 0.3 is 11.9 Å². The van der Waals surface area contributed by atoms with Crippen LogP contribution in [-0.4, -0.2) is 31.9 Å². The van der Waals surface area contributed by atoms with Crippen molar-refractivity contribution < 1.29 is 27.5 Å². The van der Waals surface area contributed by atoms with Crippen LogP contribution in [0.15, 0.2) is 84.9 Å². The maximum atomic E-state index is 12.6. The first kappa shape index (κ1) is 23.1. The number of sulfone groups is 1. The Labute approximate surface area is 203 Å². The van der Waals surface area contributed by atoms with E-state index in [2.05, 4.69) is 0 Å². The minimum Gasteiger partial charge on any atom is -0.426 e. The standard InChI is InChI=1S/C28H24O6S/c29-27(33-25-11-9-19-5-1-3-7-21(19)13-25)15-23-17-35(31,32)18-24(23)16-28(30)34-26-12-10-20-6-2-4-8-22(20)14-26/h1-14,23-24H,15-18H2. The van der Waals surface area contributed by atoms with E-state index in [1.807, 2.05) is 60.7 Å². The third-order valence-corrected chi connectivity index (χ3v) is 8.24. The number of carbonyl (C=O) groups excluding carboxylic acids is 2. The average molecular weight is 489 g/mol. The second-order valence-corrected chi connectivity index (χ2v) is 11.1. The van der Waals surface area contributed by atoms with Crippen LogP contribution in [0, 0.1) is 11.8 Å². The highest BCUT2D eigenvalue weighted by Crippen LogP contribution is 2.32. The fourth-order valence-electron chi connectivity index (χ4n) is 4.68. The van der Waals surface area contributed by atoms with Crippen molar-refractivity contribution in [1.82, 2.24) is 0 Å². The van der Waals surface area contributed by atoms with Crippen LogP contribution in [0.1, 0.15) is 12.8 Å². The van der Waals surface area contributed by atoms with Crippen LogP contribution in [-0.2, 0) is 19.4 Å². The van der Waals surface area contributed by atoms with Gasteiger partial charge in [-0.3, -0.25) is 9.59 Å². The number of ether oxygens (including phenoxy) is 2. The molecule has 0 bridgehead atoms. The minimum absolute atomic E-state index is 0.0834. The van der Waals surface area contributed by atoms with Crippen molar-refractivity contribution in [2.45, 2.75) is 12.8 Å². The molecule has 7 heteroatoms. The minimum atomic E-state index is -3.35. The van der Waals surface area contributed by atoms with E-state index in [1.54, 1.807) is 24.3 Å². The molecule has 0 N–H and O–H groups in total. The molecule has 35 heavy (non-hydrogen) atoms. The summed E-state index contributed by atoms with van der Waals surface area (Å²) in [4.78, 5) is 25.3. The van der Waals surface area contributed by atoms with Gasteiger partial charge in [0.2, 0.25) is 0 Å². The molecule has 1 saturated heterocycles. The van der Waals surface area contributed by atoms with Crippen LogP contribution >= 0.6 is 0 Å². The molecular weight excluding hydrogens is 464 g/mol. The molecule has 2 unspecified atom stereocenters. The number of fused-ring (bicyclic) bond motifs is 2. The van der Waals surface area contributed by atoms with Gasteiger partial charge in [-0.15, -0.1) is 0 Å². The largest absolute Gasteiger partial charge is 0.426 e. The third-order valence-electron chi connectivity index (χ3n) is 6.37. The van der Waals surface area contributed by atoms with Gasteiger partial charge in [0.25, 0.3) is 0 Å². The smallest absolute Gasteiger partial charge is 0.311 e. The van der Waals surface area contributed by atoms with E-state index in [1.165, 1.54) is 0 Å². The summed E-state index contributed by atoms with van der Waals surface area (Å²) in [5.74, 6) is -1.52. The Morgan fingerprint density at radius 3 is 1.46 bits per heavy atom. The highest BCUT2D eigenvalue weighted by Gasteiger charge is 2.40. The van der Waals surface area contributed by atoms with Crippen LogP contribution in [0.4, 0.5) is 0 Å². The summed E-state index contributed by atoms with van der Waals surface area (Å²) in [6.45, 7) is 0. The highest BCUT2D eigenvalue weighted by atomic mass is 32.2. The monoisotopic (exact) mass is 488 g/mol. The second-order valence-electron chi connectivity index (χ2n) is 8.97. The van der Waals surface area contributed by atoms with Crippen molar-refractivity contribution in [2.24, 2.45) is 11.8 Å². The Morgan fingerprint density at radius 1 is 0.629 bits per heavy atom. The predicted molar refractivity (Wildman–Crippen MR) is 134 cm³/mol. The van der Waals surface area contributed by atoms with Gasteiger partial charge in [0.1, 0.15) is 11.5 Å². The number of benzene rings is 4. The maximum Gasteiger partial charge on any atom is 0.311 e. The van der Waals surface area contributed by atoms with Gasteiger partial charge in [-0.2, -0.15) is 0 Å². The quantitative estimate of drug-likeness (QED) is 0.282. The Kier molecular flexibility index (Phi) is 6.26. The predicted octanol–water partition coefficient (Wildman–Crippen LogP) is 4.95. The first-order valence-electron chi connectivity index (χ1n) is 11.4. The van der Waals surface area contributed by atoms with E-state index in [0.717, 1.165) is 21.5 Å². The summed E-state index contributed by atoms with van der Waals surface area (Å²) in [5.41, 5.74) is 0. The summed E-state index contributed by atoms with van der Waals surface area (Å²) in [7, 11) is -3.35. The lowest BCUT2D eigenvalue weighted by atomic mass is 9.90. The molecule has 2 atom stereocenters. The summed E-state index contributed by atoms with van der Waals surface area (Å²) in [6.07, 6.45) is -0.167. The molecule has 1 heterocycles. The van der Waals surface area contributed by atoms with Crippen molar-refractivity contribution in [1.29, 1.82) is 0 Å². The Balaban J connectivity index is 1.23. The summed E-state index contributed by atoms with van der Waals surface area (Å²) in [6, 6.07) is 26.1. The number of carbonyl (C=O) groups is 2. The molecule has 1 aliphatic heterocycles. The van der Waals surface area contributed by atoms with Crippen molar-refractivity contribution in [3.05, 3.63) is 84.9 Å². The summed E-state index contributed by atoms with van der Waals surface area (Å²) in [5, 5.41) is 3.93. The SMILES string of the molecule is O=C(CC1CS(=O)(=O)CC1CC(=O)Oc1ccc2ccccc2c1)Oc1ccc2ccccc2c1. The van der Waals surface area contributed by atoms with Gasteiger partial charge in [0.05, 0.1) is 24.3 Å². The summed E-state index contributed by atoms with van der Waals surface area (Å²) >= 11 is 0. The topological polar surface area (TPSA) is 86.7 Å². The lowest BCUT2D eigenvalue weighted by Gasteiger charge is -2.16. The van der Waals surface area contributed by atoms with E-state index >= 15 is 0 Å². The van der Waals surface area contributed by atoms with E-state index in [9.17, 15) is 18.0 Å². The Morgan fingerprint density at radius 2 is 1.03 bits per heavy atom. The average Bonchev–Trinajstić information content (AvgIpc) is 3.10. The molecule has 0 aliphatic carbocycles. The van der Waals surface area contributed by atoms with E-state index in [4.69, 9.17) is 9.47 Å². The second kappa shape index (κ2) is 9.50. The molecule has 5 rings (SSSR count). The van der Waals surface area contributed by atoms with E-state index < -0.39 is 33.6 Å². The highest BCUT2D eigenvalue weighted by molar-refractivity contribution is 7.91. The van der Waals surface area contributed by atoms with Gasteiger partial charge in [0, 0.05) is 0 Å². The fraction of sp³-hybridized carbons (Fsp3) is 0.214. The molecule has 0 saturated carbocycles. The molecule has 1 aliphatic rings. The normalized spacial score (nSPS) is 19.0. The zero-order valence-corrected chi connectivity index (χ0v) is 19.7. The van der Waals surface area contributed by atoms with Crippen molar-refractivity contribution in [2.75, 3.05) is 11.5 Å². The summed E-state index contributed by atoms with van der Waals surface area (Å²) < 4.78 is 35.6.